The van der Waals surface area contributed by atoms with Crippen molar-refractivity contribution >= 4 is 11.8 Å². The smallest absolute Gasteiger partial charge is 0.259 e. The number of nitrogens with zero attached hydrogens (tertiary/aromatic N) is 3. The molecule has 3 heterocycles. The Bertz CT molecular complexity index is 933. The third kappa shape index (κ3) is 4.95. The number of benzene rings is 1. The number of ether oxygens (including phenoxy) is 1. The molecule has 172 valence electrons. The Morgan fingerprint density at radius 2 is 1.81 bits per heavy atom. The molecule has 2 aliphatic rings. The van der Waals surface area contributed by atoms with E-state index in [0.717, 1.165) is 32.4 Å². The molecule has 7 nitrogen and oxygen atoms in total. The van der Waals surface area contributed by atoms with Crippen LogP contribution in [0.3, 0.4) is 0 Å². The fraction of sp³-hybridized carbons (Fsp3) is 0.542. The summed E-state index contributed by atoms with van der Waals surface area (Å²) in [5.74, 6) is 0.558. The van der Waals surface area contributed by atoms with Crippen molar-refractivity contribution in [1.82, 2.24) is 15.0 Å². The van der Waals surface area contributed by atoms with Gasteiger partial charge in [-0.25, -0.2) is 4.39 Å². The molecule has 0 radical (unpaired) electrons. The zero-order chi connectivity index (χ0) is 22.7. The van der Waals surface area contributed by atoms with Crippen LogP contribution in [0.25, 0.3) is 0 Å². The van der Waals surface area contributed by atoms with Crippen molar-refractivity contribution in [1.29, 1.82) is 0 Å². The first-order chi connectivity index (χ1) is 15.4. The van der Waals surface area contributed by atoms with Crippen molar-refractivity contribution in [2.75, 3.05) is 26.2 Å². The van der Waals surface area contributed by atoms with Crippen molar-refractivity contribution in [2.24, 2.45) is 5.92 Å². The lowest BCUT2D eigenvalue weighted by atomic mass is 9.90. The Hall–Kier alpha value is -2.90. The van der Waals surface area contributed by atoms with Gasteiger partial charge in [0.05, 0.1) is 5.69 Å². The van der Waals surface area contributed by atoms with E-state index in [4.69, 9.17) is 9.26 Å². The summed E-state index contributed by atoms with van der Waals surface area (Å²) in [6.07, 6.45) is 3.89. The van der Waals surface area contributed by atoms with Gasteiger partial charge in [0.2, 0.25) is 5.91 Å². The summed E-state index contributed by atoms with van der Waals surface area (Å²) in [6, 6.07) is 5.92. The minimum absolute atomic E-state index is 0.106. The second kappa shape index (κ2) is 9.71. The Balaban J connectivity index is 1.50. The van der Waals surface area contributed by atoms with Crippen molar-refractivity contribution in [3.8, 4) is 5.75 Å². The molecule has 2 aliphatic heterocycles. The zero-order valence-electron chi connectivity index (χ0n) is 18.7. The molecule has 0 aliphatic carbocycles. The summed E-state index contributed by atoms with van der Waals surface area (Å²) in [5, 5.41) is 3.90. The van der Waals surface area contributed by atoms with E-state index in [1.807, 2.05) is 4.90 Å². The summed E-state index contributed by atoms with van der Waals surface area (Å²) in [6.45, 7) is 5.98. The third-order valence-corrected chi connectivity index (χ3v) is 6.45. The van der Waals surface area contributed by atoms with Crippen molar-refractivity contribution in [3.63, 3.8) is 0 Å². The molecule has 2 atom stereocenters. The number of piperidine rings is 2. The van der Waals surface area contributed by atoms with Gasteiger partial charge in [-0.1, -0.05) is 5.16 Å². The molecule has 0 spiro atoms. The van der Waals surface area contributed by atoms with E-state index < -0.39 is 0 Å². The number of halogens is 1. The molecule has 0 saturated carbocycles. The summed E-state index contributed by atoms with van der Waals surface area (Å²) in [7, 11) is 0. The maximum atomic E-state index is 13.3. The van der Waals surface area contributed by atoms with Crippen LogP contribution < -0.4 is 4.74 Å². The lowest BCUT2D eigenvalue weighted by Crippen LogP contribution is -2.50. The average Bonchev–Trinajstić information content (AvgIpc) is 3.14. The summed E-state index contributed by atoms with van der Waals surface area (Å²) in [4.78, 5) is 29.9. The second-order valence-electron chi connectivity index (χ2n) is 8.75. The molecule has 8 heteroatoms. The molecule has 0 unspecified atom stereocenters. The van der Waals surface area contributed by atoms with Crippen molar-refractivity contribution in [3.05, 3.63) is 47.1 Å². The minimum atomic E-state index is -0.325. The van der Waals surface area contributed by atoms with Crippen LogP contribution in [0, 0.1) is 25.6 Å². The number of likely N-dealkylation sites (tertiary alicyclic amines) is 2. The van der Waals surface area contributed by atoms with E-state index in [1.54, 1.807) is 30.9 Å². The number of aromatic nitrogens is 1. The van der Waals surface area contributed by atoms with Crippen molar-refractivity contribution in [2.45, 2.75) is 52.1 Å². The Morgan fingerprint density at radius 1 is 1.09 bits per heavy atom. The maximum absolute atomic E-state index is 13.3. The first-order valence-electron chi connectivity index (χ1n) is 11.3. The second-order valence-corrected chi connectivity index (χ2v) is 8.75. The molecular weight excluding hydrogens is 413 g/mol. The highest BCUT2D eigenvalue weighted by atomic mass is 19.1. The van der Waals surface area contributed by atoms with Gasteiger partial charge in [0, 0.05) is 44.9 Å². The van der Waals surface area contributed by atoms with Crippen LogP contribution in [-0.2, 0) is 4.79 Å². The van der Waals surface area contributed by atoms with Gasteiger partial charge >= 0.3 is 0 Å². The number of aryl methyl sites for hydroxylation is 2. The molecule has 2 saturated heterocycles. The molecule has 4 rings (SSSR count). The van der Waals surface area contributed by atoms with Crippen LogP contribution in [0.1, 0.15) is 53.9 Å². The van der Waals surface area contributed by atoms with Gasteiger partial charge in [-0.05, 0) is 57.4 Å². The molecule has 2 aromatic rings. The monoisotopic (exact) mass is 443 g/mol. The number of carbonyl (C=O) groups excluding carboxylic acids is 2. The van der Waals surface area contributed by atoms with Crippen LogP contribution in [0.2, 0.25) is 0 Å². The van der Waals surface area contributed by atoms with Gasteiger partial charge in [0.15, 0.2) is 0 Å². The van der Waals surface area contributed by atoms with E-state index in [9.17, 15) is 14.0 Å². The van der Waals surface area contributed by atoms with Crippen LogP contribution in [0.5, 0.6) is 5.75 Å². The van der Waals surface area contributed by atoms with Crippen LogP contribution >= 0.6 is 0 Å². The molecule has 32 heavy (non-hydrogen) atoms. The van der Waals surface area contributed by atoms with Gasteiger partial charge in [-0.2, -0.15) is 0 Å². The fourth-order valence-electron chi connectivity index (χ4n) is 4.68. The topological polar surface area (TPSA) is 75.9 Å². The van der Waals surface area contributed by atoms with Crippen LogP contribution in [0.15, 0.2) is 28.8 Å². The lowest BCUT2D eigenvalue weighted by molar-refractivity contribution is -0.134. The normalized spacial score (nSPS) is 21.5. The van der Waals surface area contributed by atoms with Gasteiger partial charge < -0.3 is 19.1 Å². The number of rotatable bonds is 5. The standard InChI is InChI=1S/C24H30FN3O4/c1-16-23(17(2)32-26-16)24(30)28-13-10-21(31-20-8-6-19(25)7-9-20)18(15-28)14-22(29)27-11-4-3-5-12-27/h6-9,18,21H,3-5,10-15H2,1-2H3/t18-,21-/m0/s1. The molecule has 0 bridgehead atoms. The number of hydrogen-bond acceptors (Lipinski definition) is 5. The quantitative estimate of drug-likeness (QED) is 0.704. The predicted octanol–water partition coefficient (Wildman–Crippen LogP) is 3.74. The van der Waals surface area contributed by atoms with E-state index in [2.05, 4.69) is 5.16 Å². The Morgan fingerprint density at radius 3 is 2.47 bits per heavy atom. The Kier molecular flexibility index (Phi) is 6.77. The third-order valence-electron chi connectivity index (χ3n) is 6.45. The van der Waals surface area contributed by atoms with Gasteiger partial charge in [0.1, 0.15) is 29.0 Å². The molecule has 1 aromatic carbocycles. The van der Waals surface area contributed by atoms with Gasteiger partial charge in [-0.3, -0.25) is 9.59 Å². The highest BCUT2D eigenvalue weighted by Crippen LogP contribution is 2.29. The molecule has 0 N–H and O–H groups in total. The van der Waals surface area contributed by atoms with Gasteiger partial charge in [-0.15, -0.1) is 0 Å². The van der Waals surface area contributed by atoms with E-state index in [-0.39, 0.29) is 29.7 Å². The SMILES string of the molecule is Cc1noc(C)c1C(=O)N1CC[C@H](Oc2ccc(F)cc2)[C@@H](CC(=O)N2CCCCC2)C1. The van der Waals surface area contributed by atoms with Gasteiger partial charge in [0.25, 0.3) is 5.91 Å². The largest absolute Gasteiger partial charge is 0.490 e. The maximum Gasteiger partial charge on any atom is 0.259 e. The minimum Gasteiger partial charge on any atom is -0.490 e. The number of hydrogen-bond donors (Lipinski definition) is 0. The average molecular weight is 444 g/mol. The van der Waals surface area contributed by atoms with E-state index >= 15 is 0 Å². The fourth-order valence-corrected chi connectivity index (χ4v) is 4.68. The van der Waals surface area contributed by atoms with Crippen LogP contribution in [0.4, 0.5) is 4.39 Å². The lowest BCUT2D eigenvalue weighted by Gasteiger charge is -2.39. The summed E-state index contributed by atoms with van der Waals surface area (Å²) >= 11 is 0. The highest BCUT2D eigenvalue weighted by Gasteiger charge is 2.37. The predicted molar refractivity (Wildman–Crippen MR) is 116 cm³/mol. The highest BCUT2D eigenvalue weighted by molar-refractivity contribution is 5.96. The summed E-state index contributed by atoms with van der Waals surface area (Å²) < 4.78 is 24.6. The first-order valence-corrected chi connectivity index (χ1v) is 11.3. The molecule has 1 aromatic heterocycles. The number of amides is 2. The first kappa shape index (κ1) is 22.3. The van der Waals surface area contributed by atoms with Crippen molar-refractivity contribution < 1.29 is 23.2 Å². The molecule has 2 amide bonds. The zero-order valence-corrected chi connectivity index (χ0v) is 18.7. The van der Waals surface area contributed by atoms with E-state index in [1.165, 1.54) is 12.1 Å². The molecule has 2 fully saturated rings. The summed E-state index contributed by atoms with van der Waals surface area (Å²) in [5.41, 5.74) is 1.06. The van der Waals surface area contributed by atoms with Crippen LogP contribution in [-0.4, -0.2) is 59.1 Å². The van der Waals surface area contributed by atoms with E-state index in [0.29, 0.717) is 48.7 Å². The molecular formula is C24H30FN3O4. The number of carbonyl (C=O) groups is 2. The Labute approximate surface area is 187 Å².